The highest BCUT2D eigenvalue weighted by Gasteiger charge is 2.31. The molecular weight excluding hydrogens is 411 g/mol. The molecule has 2 aromatic rings. The lowest BCUT2D eigenvalue weighted by molar-refractivity contribution is -0.116. The third-order valence-corrected chi connectivity index (χ3v) is 5.43. The summed E-state index contributed by atoms with van der Waals surface area (Å²) in [6.07, 6.45) is 1.00. The molecule has 2 rings (SSSR count). The number of halogens is 2. The number of amides is 1. The van der Waals surface area contributed by atoms with Crippen molar-refractivity contribution in [3.8, 4) is 5.75 Å². The van der Waals surface area contributed by atoms with Gasteiger partial charge in [-0.05, 0) is 44.2 Å². The van der Waals surface area contributed by atoms with Crippen LogP contribution in [-0.2, 0) is 14.8 Å². The maximum absolute atomic E-state index is 12.7. The Morgan fingerprint density at radius 1 is 1.22 bits per heavy atom. The molecule has 146 valence electrons. The van der Waals surface area contributed by atoms with E-state index in [0.29, 0.717) is 23.1 Å². The van der Waals surface area contributed by atoms with Crippen LogP contribution < -0.4 is 14.4 Å². The molecular formula is C18H20Cl2N2O4S. The number of hydrogen-bond acceptors (Lipinski definition) is 4. The molecule has 0 saturated carbocycles. The van der Waals surface area contributed by atoms with Crippen molar-refractivity contribution in [2.24, 2.45) is 0 Å². The molecule has 0 radical (unpaired) electrons. The fourth-order valence-corrected chi connectivity index (χ4v) is 4.12. The van der Waals surface area contributed by atoms with Gasteiger partial charge in [0.1, 0.15) is 11.8 Å². The quantitative estimate of drug-likeness (QED) is 0.714. The number of anilines is 2. The molecule has 0 heterocycles. The summed E-state index contributed by atoms with van der Waals surface area (Å²) >= 11 is 12.1. The van der Waals surface area contributed by atoms with Crippen molar-refractivity contribution >= 4 is 50.5 Å². The molecule has 0 saturated heterocycles. The maximum atomic E-state index is 12.7. The van der Waals surface area contributed by atoms with E-state index >= 15 is 0 Å². The summed E-state index contributed by atoms with van der Waals surface area (Å²) in [5.41, 5.74) is 0.626. The minimum absolute atomic E-state index is 0.136. The van der Waals surface area contributed by atoms with Crippen molar-refractivity contribution in [1.82, 2.24) is 0 Å². The first-order valence-corrected chi connectivity index (χ1v) is 10.7. The van der Waals surface area contributed by atoms with Crippen LogP contribution in [0.4, 0.5) is 11.4 Å². The third-order valence-electron chi connectivity index (χ3n) is 3.65. The molecule has 0 fully saturated rings. The van der Waals surface area contributed by atoms with Gasteiger partial charge in [-0.2, -0.15) is 0 Å². The fourth-order valence-electron chi connectivity index (χ4n) is 2.51. The molecule has 0 aliphatic carbocycles. The highest BCUT2D eigenvalue weighted by molar-refractivity contribution is 7.92. The van der Waals surface area contributed by atoms with Crippen LogP contribution in [0.2, 0.25) is 10.0 Å². The van der Waals surface area contributed by atoms with E-state index in [-0.39, 0.29) is 10.7 Å². The van der Waals surface area contributed by atoms with Crippen molar-refractivity contribution in [2.75, 3.05) is 22.5 Å². The molecule has 0 spiro atoms. The third kappa shape index (κ3) is 5.51. The van der Waals surface area contributed by atoms with Crippen LogP contribution in [0, 0.1) is 0 Å². The summed E-state index contributed by atoms with van der Waals surface area (Å²) < 4.78 is 31.1. The molecule has 0 aliphatic rings. The van der Waals surface area contributed by atoms with E-state index in [1.165, 1.54) is 25.1 Å². The average Bonchev–Trinajstić information content (AvgIpc) is 2.57. The van der Waals surface area contributed by atoms with Crippen molar-refractivity contribution in [3.05, 3.63) is 52.5 Å². The van der Waals surface area contributed by atoms with Gasteiger partial charge in [-0.1, -0.05) is 29.3 Å². The van der Waals surface area contributed by atoms with Crippen molar-refractivity contribution < 1.29 is 17.9 Å². The standard InChI is InChI=1S/C18H20Cl2N2O4S/c1-4-26-15-7-5-6-14(11-15)21-18(23)12(2)22(27(3,24)25)17-10-13(19)8-9-16(17)20/h5-12H,4H2,1-3H3,(H,21,23)/t12-/m1/s1. The number of sulfonamides is 1. The van der Waals surface area contributed by atoms with Gasteiger partial charge in [-0.3, -0.25) is 9.10 Å². The maximum Gasteiger partial charge on any atom is 0.247 e. The van der Waals surface area contributed by atoms with E-state index in [2.05, 4.69) is 5.32 Å². The SMILES string of the molecule is CCOc1cccc(NC(=O)[C@@H](C)N(c2cc(Cl)ccc2Cl)S(C)(=O)=O)c1. The molecule has 1 N–H and O–H groups in total. The van der Waals surface area contributed by atoms with Crippen LogP contribution in [0.5, 0.6) is 5.75 Å². The van der Waals surface area contributed by atoms with E-state index in [4.69, 9.17) is 27.9 Å². The summed E-state index contributed by atoms with van der Waals surface area (Å²) in [6.45, 7) is 3.81. The number of rotatable bonds is 7. The van der Waals surface area contributed by atoms with Crippen LogP contribution in [0.3, 0.4) is 0 Å². The molecule has 0 bridgehead atoms. The van der Waals surface area contributed by atoms with Crippen LogP contribution >= 0.6 is 23.2 Å². The highest BCUT2D eigenvalue weighted by Crippen LogP contribution is 2.32. The Bertz CT molecular complexity index is 935. The summed E-state index contributed by atoms with van der Waals surface area (Å²) in [6, 6.07) is 10.2. The highest BCUT2D eigenvalue weighted by atomic mass is 35.5. The zero-order valence-corrected chi connectivity index (χ0v) is 17.4. The van der Waals surface area contributed by atoms with Gasteiger partial charge in [-0.25, -0.2) is 8.42 Å². The topological polar surface area (TPSA) is 75.7 Å². The number of ether oxygens (including phenoxy) is 1. The molecule has 0 aromatic heterocycles. The summed E-state index contributed by atoms with van der Waals surface area (Å²) in [5.74, 6) is 0.0749. The molecule has 9 heteroatoms. The lowest BCUT2D eigenvalue weighted by atomic mass is 10.2. The summed E-state index contributed by atoms with van der Waals surface area (Å²) in [4.78, 5) is 12.7. The van der Waals surface area contributed by atoms with Gasteiger partial charge in [-0.15, -0.1) is 0 Å². The molecule has 0 unspecified atom stereocenters. The fraction of sp³-hybridized carbons (Fsp3) is 0.278. The lowest BCUT2D eigenvalue weighted by Crippen LogP contribution is -2.45. The van der Waals surface area contributed by atoms with Gasteiger partial charge >= 0.3 is 0 Å². The number of benzene rings is 2. The Kier molecular flexibility index (Phi) is 6.97. The van der Waals surface area contributed by atoms with Crippen LogP contribution in [0.1, 0.15) is 13.8 Å². The van der Waals surface area contributed by atoms with E-state index < -0.39 is 22.0 Å². The second-order valence-electron chi connectivity index (χ2n) is 5.78. The Hall–Kier alpha value is -1.96. The first-order chi connectivity index (χ1) is 12.6. The Morgan fingerprint density at radius 3 is 2.56 bits per heavy atom. The minimum atomic E-state index is -3.81. The number of hydrogen-bond donors (Lipinski definition) is 1. The Labute approximate surface area is 169 Å². The molecule has 27 heavy (non-hydrogen) atoms. The van der Waals surface area contributed by atoms with Crippen molar-refractivity contribution in [2.45, 2.75) is 19.9 Å². The van der Waals surface area contributed by atoms with Crippen molar-refractivity contribution in [3.63, 3.8) is 0 Å². The van der Waals surface area contributed by atoms with E-state index in [1.807, 2.05) is 6.92 Å². The van der Waals surface area contributed by atoms with Gasteiger partial charge in [0.15, 0.2) is 0 Å². The molecule has 6 nitrogen and oxygen atoms in total. The monoisotopic (exact) mass is 430 g/mol. The lowest BCUT2D eigenvalue weighted by Gasteiger charge is -2.29. The molecule has 1 amide bonds. The van der Waals surface area contributed by atoms with Gasteiger partial charge < -0.3 is 10.1 Å². The Morgan fingerprint density at radius 2 is 1.93 bits per heavy atom. The van der Waals surface area contributed by atoms with Gasteiger partial charge in [0.05, 0.1) is 23.6 Å². The zero-order chi connectivity index (χ0) is 20.2. The second-order valence-corrected chi connectivity index (χ2v) is 8.48. The van der Waals surface area contributed by atoms with Crippen molar-refractivity contribution in [1.29, 1.82) is 0 Å². The summed E-state index contributed by atoms with van der Waals surface area (Å²) in [5, 5.41) is 3.17. The smallest absolute Gasteiger partial charge is 0.247 e. The predicted molar refractivity (Wildman–Crippen MR) is 109 cm³/mol. The van der Waals surface area contributed by atoms with E-state index in [0.717, 1.165) is 10.6 Å². The Balaban J connectivity index is 2.33. The molecule has 1 atom stereocenters. The number of nitrogens with zero attached hydrogens (tertiary/aromatic N) is 1. The average molecular weight is 431 g/mol. The van der Waals surface area contributed by atoms with E-state index in [9.17, 15) is 13.2 Å². The van der Waals surface area contributed by atoms with E-state index in [1.54, 1.807) is 24.3 Å². The zero-order valence-electron chi connectivity index (χ0n) is 15.1. The predicted octanol–water partition coefficient (Wildman–Crippen LogP) is 4.19. The number of carbonyl (C=O) groups excluding carboxylic acids is 1. The molecule has 2 aromatic carbocycles. The first kappa shape index (κ1) is 21.3. The largest absolute Gasteiger partial charge is 0.494 e. The van der Waals surface area contributed by atoms with Gasteiger partial charge in [0, 0.05) is 16.8 Å². The molecule has 0 aliphatic heterocycles. The van der Waals surface area contributed by atoms with Crippen LogP contribution in [0.15, 0.2) is 42.5 Å². The van der Waals surface area contributed by atoms with Gasteiger partial charge in [0.2, 0.25) is 15.9 Å². The second kappa shape index (κ2) is 8.82. The minimum Gasteiger partial charge on any atom is -0.494 e. The van der Waals surface area contributed by atoms with Crippen LogP contribution in [-0.4, -0.2) is 33.2 Å². The number of carbonyl (C=O) groups is 1. The first-order valence-electron chi connectivity index (χ1n) is 8.11. The normalized spacial score (nSPS) is 12.3. The van der Waals surface area contributed by atoms with Gasteiger partial charge in [0.25, 0.3) is 0 Å². The van der Waals surface area contributed by atoms with Crippen LogP contribution in [0.25, 0.3) is 0 Å². The number of nitrogens with one attached hydrogen (secondary N) is 1. The summed E-state index contributed by atoms with van der Waals surface area (Å²) in [7, 11) is -3.81.